The molecule has 258 valence electrons. The van der Waals surface area contributed by atoms with Gasteiger partial charge in [0.15, 0.2) is 5.60 Å². The number of aliphatic hydroxyl groups is 4. The Labute approximate surface area is 277 Å². The zero-order chi connectivity index (χ0) is 34.1. The Hall–Kier alpha value is -2.90. The van der Waals surface area contributed by atoms with Gasteiger partial charge < -0.3 is 45.0 Å². The Morgan fingerprint density at radius 1 is 1.06 bits per heavy atom. The minimum Gasteiger partial charge on any atom is -0.387 e. The molecule has 2 aromatic rings. The molecule has 47 heavy (non-hydrogen) atoms. The summed E-state index contributed by atoms with van der Waals surface area (Å²) >= 11 is 0. The summed E-state index contributed by atoms with van der Waals surface area (Å²) in [5.41, 5.74) is 1.51. The van der Waals surface area contributed by atoms with Gasteiger partial charge in [-0.2, -0.15) is 0 Å². The number of hydrogen-bond acceptors (Lipinski definition) is 9. The van der Waals surface area contributed by atoms with Crippen LogP contribution >= 0.6 is 0 Å². The standard InChI is InChI=1S/C36H51N3O8/c1-23-11-16-27(36-32(43)30(41)31(42)35(47-36,22-46-36)34(2,3)45)21-26(23)20-25-14-12-24(13-15-25)8-6-10-29(40)39-18-7-9-28(39)33(44)37-17-19-38(4)5/h11-16,21,28,30-32,41-43,45H,6-10,17-20,22H2,1-5H3,(H,37,44)/t28-,30+,31+,32-,35+,36+/m1/s1. The van der Waals surface area contributed by atoms with Crippen LogP contribution < -0.4 is 5.32 Å². The molecule has 5 N–H and O–H groups in total. The van der Waals surface area contributed by atoms with Crippen LogP contribution in [-0.4, -0.2) is 118 Å². The average Bonchev–Trinajstić information content (AvgIpc) is 3.67. The largest absolute Gasteiger partial charge is 0.387 e. The van der Waals surface area contributed by atoms with Gasteiger partial charge in [0.25, 0.3) is 0 Å². The molecule has 3 aliphatic rings. The van der Waals surface area contributed by atoms with E-state index in [0.717, 1.165) is 41.6 Å². The molecule has 0 radical (unpaired) electrons. The number of aliphatic hydroxyl groups excluding tert-OH is 3. The van der Waals surface area contributed by atoms with Crippen molar-refractivity contribution in [1.82, 2.24) is 15.1 Å². The number of carbonyl (C=O) groups is 2. The molecule has 2 amide bonds. The van der Waals surface area contributed by atoms with Crippen molar-refractivity contribution in [2.75, 3.05) is 40.3 Å². The predicted octanol–water partition coefficient (Wildman–Crippen LogP) is 1.38. The average molecular weight is 654 g/mol. The highest BCUT2D eigenvalue weighted by Crippen LogP contribution is 2.53. The topological polar surface area (TPSA) is 152 Å². The Bertz CT molecular complexity index is 1430. The monoisotopic (exact) mass is 653 g/mol. The molecular formula is C36H51N3O8. The smallest absolute Gasteiger partial charge is 0.242 e. The molecular weight excluding hydrogens is 602 g/mol. The number of nitrogens with one attached hydrogen (secondary N) is 1. The molecule has 2 aromatic carbocycles. The molecule has 0 aromatic heterocycles. The van der Waals surface area contributed by atoms with E-state index < -0.39 is 35.3 Å². The maximum atomic E-state index is 13.0. The van der Waals surface area contributed by atoms with Gasteiger partial charge in [-0.3, -0.25) is 9.59 Å². The molecule has 3 saturated heterocycles. The Kier molecular flexibility index (Phi) is 10.5. The first-order valence-corrected chi connectivity index (χ1v) is 16.7. The number of nitrogens with zero attached hydrogens (tertiary/aromatic N) is 2. The molecule has 2 bridgehead atoms. The van der Waals surface area contributed by atoms with Crippen molar-refractivity contribution in [2.45, 2.75) is 101 Å². The van der Waals surface area contributed by atoms with Crippen molar-refractivity contribution in [3.8, 4) is 0 Å². The summed E-state index contributed by atoms with van der Waals surface area (Å²) in [6.07, 6.45) is -0.711. The van der Waals surface area contributed by atoms with Crippen molar-refractivity contribution in [1.29, 1.82) is 0 Å². The third-order valence-electron chi connectivity index (χ3n) is 10.1. The molecule has 11 heteroatoms. The Morgan fingerprint density at radius 2 is 1.77 bits per heavy atom. The van der Waals surface area contributed by atoms with Crippen LogP contribution in [0.1, 0.15) is 67.3 Å². The summed E-state index contributed by atoms with van der Waals surface area (Å²) in [6.45, 7) is 6.72. The number of likely N-dealkylation sites (tertiary alicyclic amines) is 1. The van der Waals surface area contributed by atoms with Gasteiger partial charge in [0, 0.05) is 31.6 Å². The molecule has 6 atom stereocenters. The third kappa shape index (κ3) is 6.98. The van der Waals surface area contributed by atoms with Gasteiger partial charge in [-0.05, 0) is 95.3 Å². The fourth-order valence-corrected chi connectivity index (χ4v) is 7.05. The first-order chi connectivity index (χ1) is 22.2. The number of benzene rings is 2. The van der Waals surface area contributed by atoms with Gasteiger partial charge >= 0.3 is 0 Å². The summed E-state index contributed by atoms with van der Waals surface area (Å²) in [5, 5.41) is 46.5. The Morgan fingerprint density at radius 3 is 2.45 bits per heavy atom. The van der Waals surface area contributed by atoms with Crippen LogP contribution in [0.25, 0.3) is 0 Å². The van der Waals surface area contributed by atoms with Crippen LogP contribution in [0.15, 0.2) is 42.5 Å². The molecule has 0 aliphatic carbocycles. The quantitative estimate of drug-likeness (QED) is 0.229. The maximum absolute atomic E-state index is 13.0. The van der Waals surface area contributed by atoms with E-state index in [9.17, 15) is 30.0 Å². The summed E-state index contributed by atoms with van der Waals surface area (Å²) in [4.78, 5) is 29.4. The van der Waals surface area contributed by atoms with Crippen LogP contribution in [0.5, 0.6) is 0 Å². The van der Waals surface area contributed by atoms with Crippen molar-refractivity contribution < 1.29 is 39.5 Å². The first kappa shape index (κ1) is 35.4. The minimum atomic E-state index is -1.74. The minimum absolute atomic E-state index is 0.0295. The van der Waals surface area contributed by atoms with E-state index in [0.29, 0.717) is 44.3 Å². The van der Waals surface area contributed by atoms with E-state index in [1.54, 1.807) is 11.0 Å². The zero-order valence-electron chi connectivity index (χ0n) is 28.2. The van der Waals surface area contributed by atoms with Crippen LogP contribution in [0.4, 0.5) is 0 Å². The normalized spacial score (nSPS) is 29.0. The maximum Gasteiger partial charge on any atom is 0.242 e. The van der Waals surface area contributed by atoms with Gasteiger partial charge in [0.1, 0.15) is 24.4 Å². The zero-order valence-corrected chi connectivity index (χ0v) is 28.2. The van der Waals surface area contributed by atoms with Gasteiger partial charge in [0.2, 0.25) is 17.6 Å². The van der Waals surface area contributed by atoms with E-state index in [1.165, 1.54) is 13.8 Å². The van der Waals surface area contributed by atoms with Crippen molar-refractivity contribution >= 4 is 11.8 Å². The van der Waals surface area contributed by atoms with Crippen molar-refractivity contribution in [3.05, 3.63) is 70.3 Å². The molecule has 3 fully saturated rings. The highest BCUT2D eigenvalue weighted by Gasteiger charge is 2.71. The number of aryl methyl sites for hydroxylation is 2. The van der Waals surface area contributed by atoms with Crippen molar-refractivity contribution in [3.63, 3.8) is 0 Å². The van der Waals surface area contributed by atoms with E-state index >= 15 is 0 Å². The van der Waals surface area contributed by atoms with Crippen LogP contribution in [0.3, 0.4) is 0 Å². The van der Waals surface area contributed by atoms with Crippen LogP contribution in [0.2, 0.25) is 0 Å². The molecule has 3 heterocycles. The Balaban J connectivity index is 1.19. The number of ether oxygens (including phenoxy) is 2. The lowest BCUT2D eigenvalue weighted by Crippen LogP contribution is -2.70. The highest BCUT2D eigenvalue weighted by atomic mass is 16.8. The number of fused-ring (bicyclic) bond motifs is 2. The third-order valence-corrected chi connectivity index (χ3v) is 10.1. The molecule has 3 aliphatic heterocycles. The molecule has 11 nitrogen and oxygen atoms in total. The summed E-state index contributed by atoms with van der Waals surface area (Å²) in [6, 6.07) is 13.5. The van der Waals surface area contributed by atoms with Gasteiger partial charge in [-0.25, -0.2) is 0 Å². The van der Waals surface area contributed by atoms with E-state index in [4.69, 9.17) is 9.47 Å². The SMILES string of the molecule is Cc1ccc([C@]23OC[C@](C(C)(C)O)(O2)[C@@H](O)[C@H](O)[C@H]3O)cc1Cc1ccc(CCCC(=O)N2CCC[C@@H]2C(=O)NCCN(C)C)cc1. The van der Waals surface area contributed by atoms with E-state index in [2.05, 4.69) is 29.6 Å². The second kappa shape index (κ2) is 13.9. The number of hydrogen-bond donors (Lipinski definition) is 5. The summed E-state index contributed by atoms with van der Waals surface area (Å²) in [5.74, 6) is -1.78. The van der Waals surface area contributed by atoms with Crippen molar-refractivity contribution in [2.24, 2.45) is 0 Å². The van der Waals surface area contributed by atoms with Gasteiger partial charge in [0.05, 0.1) is 12.2 Å². The lowest BCUT2D eigenvalue weighted by Gasteiger charge is -2.50. The fraction of sp³-hybridized carbons (Fsp3) is 0.611. The van der Waals surface area contributed by atoms with Gasteiger partial charge in [-0.1, -0.05) is 36.4 Å². The first-order valence-electron chi connectivity index (χ1n) is 16.7. The van der Waals surface area contributed by atoms with Crippen LogP contribution in [-0.2, 0) is 37.7 Å². The lowest BCUT2D eigenvalue weighted by atomic mass is 9.75. The molecule has 0 saturated carbocycles. The molecule has 0 unspecified atom stereocenters. The van der Waals surface area contributed by atoms with Gasteiger partial charge in [-0.15, -0.1) is 0 Å². The highest BCUT2D eigenvalue weighted by molar-refractivity contribution is 5.88. The second-order valence-corrected chi connectivity index (χ2v) is 14.2. The number of rotatable bonds is 12. The van der Waals surface area contributed by atoms with Crippen LogP contribution in [0, 0.1) is 6.92 Å². The lowest BCUT2D eigenvalue weighted by molar-refractivity contribution is -0.348. The predicted molar refractivity (Wildman–Crippen MR) is 175 cm³/mol. The molecule has 5 rings (SSSR count). The number of amides is 2. The van der Waals surface area contributed by atoms with E-state index in [1.807, 2.05) is 38.1 Å². The van der Waals surface area contributed by atoms with E-state index in [-0.39, 0.29) is 24.5 Å². The summed E-state index contributed by atoms with van der Waals surface area (Å²) in [7, 11) is 3.92. The second-order valence-electron chi connectivity index (χ2n) is 14.2. The number of likely N-dealkylation sites (N-methyl/N-ethyl adjacent to an activating group) is 1. The molecule has 0 spiro atoms. The number of carbonyl (C=O) groups excluding carboxylic acids is 2. The summed E-state index contributed by atoms with van der Waals surface area (Å²) < 4.78 is 12.2. The fourth-order valence-electron chi connectivity index (χ4n) is 7.05.